The van der Waals surface area contributed by atoms with Crippen LogP contribution in [0.25, 0.3) is 0 Å². The fourth-order valence-corrected chi connectivity index (χ4v) is 2.51. The molecule has 0 spiro atoms. The van der Waals surface area contributed by atoms with E-state index in [1.807, 2.05) is 19.1 Å². The van der Waals surface area contributed by atoms with Gasteiger partial charge in [-0.05, 0) is 44.4 Å². The molecular formula is C16H23NO3. The molecule has 4 heteroatoms. The van der Waals surface area contributed by atoms with Crippen LogP contribution in [0, 0.1) is 0 Å². The van der Waals surface area contributed by atoms with Gasteiger partial charge in [0.25, 0.3) is 5.91 Å². The number of β-amino-alcohol motifs (C(OH)–C–C–N with tert-alkyl or cyclic N) is 1. The van der Waals surface area contributed by atoms with Gasteiger partial charge in [-0.25, -0.2) is 0 Å². The molecule has 4 nitrogen and oxygen atoms in total. The second-order valence-corrected chi connectivity index (χ2v) is 5.70. The predicted molar refractivity (Wildman–Crippen MR) is 78.0 cm³/mol. The van der Waals surface area contributed by atoms with Crippen molar-refractivity contribution in [1.82, 2.24) is 4.90 Å². The number of benzene rings is 1. The Morgan fingerprint density at radius 1 is 1.50 bits per heavy atom. The van der Waals surface area contributed by atoms with Crippen LogP contribution in [0.3, 0.4) is 0 Å². The van der Waals surface area contributed by atoms with Crippen molar-refractivity contribution >= 4 is 5.91 Å². The molecule has 1 atom stereocenters. The third-order valence-electron chi connectivity index (χ3n) is 3.52. The number of ether oxygens (including phenoxy) is 1. The Labute approximate surface area is 120 Å². The van der Waals surface area contributed by atoms with Gasteiger partial charge >= 0.3 is 0 Å². The first kappa shape index (κ1) is 14.9. The third-order valence-corrected chi connectivity index (χ3v) is 3.52. The number of carbonyl (C=O) groups excluding carboxylic acids is 1. The minimum absolute atomic E-state index is 0.0353. The average molecular weight is 277 g/mol. The van der Waals surface area contributed by atoms with Gasteiger partial charge in [0, 0.05) is 18.7 Å². The van der Waals surface area contributed by atoms with Crippen LogP contribution in [0.5, 0.6) is 5.75 Å². The molecule has 0 bridgehead atoms. The molecule has 20 heavy (non-hydrogen) atoms. The Hall–Kier alpha value is -1.55. The van der Waals surface area contributed by atoms with E-state index in [0.717, 1.165) is 25.0 Å². The summed E-state index contributed by atoms with van der Waals surface area (Å²) in [4.78, 5) is 14.2. The average Bonchev–Trinajstić information content (AvgIpc) is 2.43. The number of nitrogens with zero attached hydrogens (tertiary/aromatic N) is 1. The lowest BCUT2D eigenvalue weighted by molar-refractivity contribution is -0.0107. The van der Waals surface area contributed by atoms with Crippen LogP contribution in [-0.4, -0.2) is 41.2 Å². The van der Waals surface area contributed by atoms with Gasteiger partial charge in [-0.3, -0.25) is 4.79 Å². The highest BCUT2D eigenvalue weighted by Gasteiger charge is 2.31. The Balaban J connectivity index is 2.08. The largest absolute Gasteiger partial charge is 0.494 e. The van der Waals surface area contributed by atoms with Crippen molar-refractivity contribution in [2.24, 2.45) is 0 Å². The molecule has 1 aliphatic heterocycles. The number of piperidine rings is 1. The van der Waals surface area contributed by atoms with E-state index in [-0.39, 0.29) is 5.91 Å². The summed E-state index contributed by atoms with van der Waals surface area (Å²) in [5.74, 6) is 0.688. The molecule has 1 saturated heterocycles. The Bertz CT molecular complexity index is 471. The molecule has 0 saturated carbocycles. The van der Waals surface area contributed by atoms with Crippen molar-refractivity contribution in [3.63, 3.8) is 0 Å². The minimum Gasteiger partial charge on any atom is -0.494 e. The molecule has 1 amide bonds. The van der Waals surface area contributed by atoms with Crippen molar-refractivity contribution in [3.8, 4) is 5.75 Å². The van der Waals surface area contributed by atoms with Crippen LogP contribution in [0.4, 0.5) is 0 Å². The predicted octanol–water partition coefficient (Wildman–Crippen LogP) is 2.46. The summed E-state index contributed by atoms with van der Waals surface area (Å²) in [5, 5.41) is 10.1. The lowest BCUT2D eigenvalue weighted by atomic mass is 9.94. The van der Waals surface area contributed by atoms with E-state index < -0.39 is 5.60 Å². The fourth-order valence-electron chi connectivity index (χ4n) is 2.51. The summed E-state index contributed by atoms with van der Waals surface area (Å²) >= 11 is 0. The molecule has 1 heterocycles. The molecule has 1 aromatic carbocycles. The zero-order valence-electron chi connectivity index (χ0n) is 12.3. The van der Waals surface area contributed by atoms with Crippen molar-refractivity contribution < 1.29 is 14.6 Å². The van der Waals surface area contributed by atoms with Crippen LogP contribution in [0.2, 0.25) is 0 Å². The van der Waals surface area contributed by atoms with Gasteiger partial charge in [-0.15, -0.1) is 0 Å². The molecule has 1 unspecified atom stereocenters. The first-order valence-corrected chi connectivity index (χ1v) is 7.26. The van der Waals surface area contributed by atoms with Gasteiger partial charge in [-0.2, -0.15) is 0 Å². The van der Waals surface area contributed by atoms with Crippen LogP contribution in [0.1, 0.15) is 43.5 Å². The molecule has 110 valence electrons. The third kappa shape index (κ3) is 3.73. The van der Waals surface area contributed by atoms with Gasteiger partial charge in [0.2, 0.25) is 0 Å². The van der Waals surface area contributed by atoms with Crippen molar-refractivity contribution in [3.05, 3.63) is 29.8 Å². The SMILES string of the molecule is CCCOc1cccc(C(=O)N2CCCC(C)(O)C2)c1. The summed E-state index contributed by atoms with van der Waals surface area (Å²) in [5.41, 5.74) is -0.152. The number of rotatable bonds is 4. The first-order chi connectivity index (χ1) is 9.52. The van der Waals surface area contributed by atoms with E-state index in [1.165, 1.54) is 0 Å². The summed E-state index contributed by atoms with van der Waals surface area (Å²) < 4.78 is 5.55. The van der Waals surface area contributed by atoms with Gasteiger partial charge in [-0.1, -0.05) is 13.0 Å². The smallest absolute Gasteiger partial charge is 0.254 e. The standard InChI is InChI=1S/C16H23NO3/c1-3-10-20-14-7-4-6-13(11-14)15(18)17-9-5-8-16(2,19)12-17/h4,6-7,11,19H,3,5,8-10,12H2,1-2H3. The van der Waals surface area contributed by atoms with E-state index in [0.29, 0.717) is 25.3 Å². The minimum atomic E-state index is -0.774. The molecule has 1 N–H and O–H groups in total. The summed E-state index contributed by atoms with van der Waals surface area (Å²) in [7, 11) is 0. The highest BCUT2D eigenvalue weighted by atomic mass is 16.5. The maximum atomic E-state index is 12.5. The Morgan fingerprint density at radius 3 is 3.00 bits per heavy atom. The molecule has 0 radical (unpaired) electrons. The molecule has 2 rings (SSSR count). The maximum Gasteiger partial charge on any atom is 0.254 e. The van der Waals surface area contributed by atoms with Gasteiger partial charge in [0.1, 0.15) is 5.75 Å². The monoisotopic (exact) mass is 277 g/mol. The fraction of sp³-hybridized carbons (Fsp3) is 0.562. The van der Waals surface area contributed by atoms with E-state index in [2.05, 4.69) is 0 Å². The van der Waals surface area contributed by atoms with Crippen LogP contribution in [-0.2, 0) is 0 Å². The first-order valence-electron chi connectivity index (χ1n) is 7.26. The Morgan fingerprint density at radius 2 is 2.30 bits per heavy atom. The Kier molecular flexibility index (Phi) is 4.65. The van der Waals surface area contributed by atoms with Crippen LogP contribution < -0.4 is 4.74 Å². The van der Waals surface area contributed by atoms with Crippen LogP contribution >= 0.6 is 0 Å². The van der Waals surface area contributed by atoms with Crippen LogP contribution in [0.15, 0.2) is 24.3 Å². The number of hydrogen-bond donors (Lipinski definition) is 1. The normalized spacial score (nSPS) is 22.6. The lowest BCUT2D eigenvalue weighted by Crippen LogP contribution is -2.48. The summed E-state index contributed by atoms with van der Waals surface area (Å²) in [6, 6.07) is 7.27. The van der Waals surface area contributed by atoms with Gasteiger partial charge in [0.05, 0.1) is 12.2 Å². The van der Waals surface area contributed by atoms with E-state index in [1.54, 1.807) is 24.0 Å². The lowest BCUT2D eigenvalue weighted by Gasteiger charge is -2.36. The highest BCUT2D eigenvalue weighted by Crippen LogP contribution is 2.23. The second-order valence-electron chi connectivity index (χ2n) is 5.70. The van der Waals surface area contributed by atoms with E-state index in [4.69, 9.17) is 4.74 Å². The van der Waals surface area contributed by atoms with Crippen molar-refractivity contribution in [2.75, 3.05) is 19.7 Å². The van der Waals surface area contributed by atoms with Gasteiger partial charge < -0.3 is 14.7 Å². The number of aliphatic hydroxyl groups is 1. The van der Waals surface area contributed by atoms with Crippen molar-refractivity contribution in [2.45, 2.75) is 38.7 Å². The van der Waals surface area contributed by atoms with Gasteiger partial charge in [0.15, 0.2) is 0 Å². The van der Waals surface area contributed by atoms with E-state index in [9.17, 15) is 9.90 Å². The molecular weight excluding hydrogens is 254 g/mol. The quantitative estimate of drug-likeness (QED) is 0.919. The topological polar surface area (TPSA) is 49.8 Å². The molecule has 0 aromatic heterocycles. The number of likely N-dealkylation sites (tertiary alicyclic amines) is 1. The number of amides is 1. The summed E-state index contributed by atoms with van der Waals surface area (Å²) in [6.45, 7) is 5.58. The zero-order chi connectivity index (χ0) is 14.6. The molecule has 1 aliphatic rings. The maximum absolute atomic E-state index is 12.5. The summed E-state index contributed by atoms with van der Waals surface area (Å²) in [6.07, 6.45) is 2.52. The number of hydrogen-bond acceptors (Lipinski definition) is 3. The molecule has 0 aliphatic carbocycles. The highest BCUT2D eigenvalue weighted by molar-refractivity contribution is 5.94. The molecule has 1 aromatic rings. The zero-order valence-corrected chi connectivity index (χ0v) is 12.3. The molecule has 1 fully saturated rings. The number of carbonyl (C=O) groups is 1. The van der Waals surface area contributed by atoms with Crippen molar-refractivity contribution in [1.29, 1.82) is 0 Å². The second kappa shape index (κ2) is 6.27. The van der Waals surface area contributed by atoms with E-state index >= 15 is 0 Å².